The van der Waals surface area contributed by atoms with Crippen molar-refractivity contribution in [3.8, 4) is 0 Å². The van der Waals surface area contributed by atoms with Gasteiger partial charge in [-0.2, -0.15) is 0 Å². The van der Waals surface area contributed by atoms with E-state index in [1.807, 2.05) is 0 Å². The van der Waals surface area contributed by atoms with Crippen molar-refractivity contribution in [2.75, 3.05) is 12.8 Å². The lowest BCUT2D eigenvalue weighted by molar-refractivity contribution is -0.143. The standard InChI is InChI=1S/C10H19NO5S/c1-6(2)8(10(13)14)5-11-9(12)7(3)17(4,15)16/h6-8H,5H2,1-4H3,(H,11,12)(H,13,14). The van der Waals surface area contributed by atoms with Gasteiger partial charge in [-0.05, 0) is 12.8 Å². The Labute approximate surface area is 101 Å². The first-order valence-electron chi connectivity index (χ1n) is 5.26. The molecule has 0 radical (unpaired) electrons. The molecule has 2 unspecified atom stereocenters. The number of carbonyl (C=O) groups is 2. The van der Waals surface area contributed by atoms with Crippen LogP contribution in [0.25, 0.3) is 0 Å². The number of carbonyl (C=O) groups excluding carboxylic acids is 1. The van der Waals surface area contributed by atoms with Crippen molar-refractivity contribution in [3.05, 3.63) is 0 Å². The van der Waals surface area contributed by atoms with E-state index < -0.39 is 32.9 Å². The van der Waals surface area contributed by atoms with Gasteiger partial charge < -0.3 is 10.4 Å². The molecule has 0 aliphatic rings. The van der Waals surface area contributed by atoms with Crippen LogP contribution >= 0.6 is 0 Å². The van der Waals surface area contributed by atoms with Crippen LogP contribution in [0.4, 0.5) is 0 Å². The molecule has 0 rings (SSSR count). The van der Waals surface area contributed by atoms with E-state index in [9.17, 15) is 18.0 Å². The minimum absolute atomic E-state index is 0.0638. The second-order valence-corrected chi connectivity index (χ2v) is 6.77. The van der Waals surface area contributed by atoms with Crippen LogP contribution in [0.2, 0.25) is 0 Å². The molecule has 0 aromatic heterocycles. The van der Waals surface area contributed by atoms with E-state index in [4.69, 9.17) is 5.11 Å². The molecule has 7 heteroatoms. The second kappa shape index (κ2) is 6.00. The number of rotatable bonds is 6. The summed E-state index contributed by atoms with van der Waals surface area (Å²) in [6, 6.07) is 0. The van der Waals surface area contributed by atoms with Crippen molar-refractivity contribution in [2.24, 2.45) is 11.8 Å². The fourth-order valence-corrected chi connectivity index (χ4v) is 1.63. The summed E-state index contributed by atoms with van der Waals surface area (Å²) >= 11 is 0. The van der Waals surface area contributed by atoms with Crippen LogP contribution < -0.4 is 5.32 Å². The second-order valence-electron chi connectivity index (χ2n) is 4.41. The van der Waals surface area contributed by atoms with Crippen LogP contribution in [0.3, 0.4) is 0 Å². The smallest absolute Gasteiger partial charge is 0.308 e. The maximum Gasteiger partial charge on any atom is 0.308 e. The number of sulfone groups is 1. The molecule has 0 aliphatic heterocycles. The molecule has 17 heavy (non-hydrogen) atoms. The van der Waals surface area contributed by atoms with E-state index in [-0.39, 0.29) is 12.5 Å². The Morgan fingerprint density at radius 1 is 1.24 bits per heavy atom. The minimum Gasteiger partial charge on any atom is -0.481 e. The van der Waals surface area contributed by atoms with Crippen LogP contribution in [0.15, 0.2) is 0 Å². The zero-order valence-electron chi connectivity index (χ0n) is 10.4. The first-order chi connectivity index (χ1) is 7.57. The molecule has 0 saturated heterocycles. The van der Waals surface area contributed by atoms with Gasteiger partial charge in [-0.25, -0.2) is 8.42 Å². The molecular weight excluding hydrogens is 246 g/mol. The van der Waals surface area contributed by atoms with Gasteiger partial charge in [-0.1, -0.05) is 13.8 Å². The van der Waals surface area contributed by atoms with Gasteiger partial charge in [0.15, 0.2) is 9.84 Å². The van der Waals surface area contributed by atoms with Crippen LogP contribution in [0, 0.1) is 11.8 Å². The highest BCUT2D eigenvalue weighted by Gasteiger charge is 2.26. The van der Waals surface area contributed by atoms with Crippen LogP contribution in [0.1, 0.15) is 20.8 Å². The minimum atomic E-state index is -3.45. The van der Waals surface area contributed by atoms with Gasteiger partial charge in [0.05, 0.1) is 5.92 Å². The average Bonchev–Trinajstić information content (AvgIpc) is 2.13. The lowest BCUT2D eigenvalue weighted by atomic mass is 9.96. The highest BCUT2D eigenvalue weighted by atomic mass is 32.2. The molecule has 2 N–H and O–H groups in total. The number of carboxylic acid groups (broad SMARTS) is 1. The van der Waals surface area contributed by atoms with Crippen LogP contribution in [-0.4, -0.2) is 43.5 Å². The Hall–Kier alpha value is -1.11. The normalized spacial score (nSPS) is 15.4. The van der Waals surface area contributed by atoms with E-state index in [2.05, 4.69) is 5.32 Å². The molecule has 0 aliphatic carbocycles. The predicted octanol–water partition coefficient (Wildman–Crippen LogP) is -0.107. The molecule has 0 fully saturated rings. The summed E-state index contributed by atoms with van der Waals surface area (Å²) in [7, 11) is -3.45. The largest absolute Gasteiger partial charge is 0.481 e. The van der Waals surface area contributed by atoms with E-state index in [1.54, 1.807) is 13.8 Å². The van der Waals surface area contributed by atoms with Crippen molar-refractivity contribution >= 4 is 21.7 Å². The van der Waals surface area contributed by atoms with Crippen molar-refractivity contribution in [2.45, 2.75) is 26.0 Å². The van der Waals surface area contributed by atoms with E-state index in [1.165, 1.54) is 6.92 Å². The van der Waals surface area contributed by atoms with E-state index >= 15 is 0 Å². The van der Waals surface area contributed by atoms with Crippen LogP contribution in [-0.2, 0) is 19.4 Å². The molecule has 100 valence electrons. The van der Waals surface area contributed by atoms with Crippen molar-refractivity contribution in [3.63, 3.8) is 0 Å². The lowest BCUT2D eigenvalue weighted by Crippen LogP contribution is -2.42. The van der Waals surface area contributed by atoms with E-state index in [0.717, 1.165) is 6.26 Å². The SMILES string of the molecule is CC(C)C(CNC(=O)C(C)S(C)(=O)=O)C(=O)O. The molecular formula is C10H19NO5S. The summed E-state index contributed by atoms with van der Waals surface area (Å²) in [6.45, 7) is 4.66. The highest BCUT2D eigenvalue weighted by molar-refractivity contribution is 7.92. The number of aliphatic carboxylic acids is 1. The monoisotopic (exact) mass is 265 g/mol. The number of carboxylic acids is 1. The summed E-state index contributed by atoms with van der Waals surface area (Å²) in [5, 5.41) is 10.1. The third-order valence-electron chi connectivity index (χ3n) is 2.63. The molecule has 0 spiro atoms. The Kier molecular flexibility index (Phi) is 5.60. The van der Waals surface area contributed by atoms with Crippen molar-refractivity contribution < 1.29 is 23.1 Å². The molecule has 6 nitrogen and oxygen atoms in total. The third-order valence-corrected chi connectivity index (χ3v) is 4.13. The topological polar surface area (TPSA) is 101 Å². The number of hydrogen-bond acceptors (Lipinski definition) is 4. The van der Waals surface area contributed by atoms with Gasteiger partial charge >= 0.3 is 5.97 Å². The molecule has 0 aromatic rings. The Balaban J connectivity index is 4.48. The van der Waals surface area contributed by atoms with Gasteiger partial charge in [0.1, 0.15) is 5.25 Å². The van der Waals surface area contributed by atoms with Gasteiger partial charge in [0.2, 0.25) is 5.91 Å². The van der Waals surface area contributed by atoms with Gasteiger partial charge in [-0.3, -0.25) is 9.59 Å². The van der Waals surface area contributed by atoms with Crippen molar-refractivity contribution in [1.29, 1.82) is 0 Å². The molecule has 1 amide bonds. The van der Waals surface area contributed by atoms with Gasteiger partial charge in [0.25, 0.3) is 0 Å². The highest BCUT2D eigenvalue weighted by Crippen LogP contribution is 2.10. The zero-order valence-corrected chi connectivity index (χ0v) is 11.2. The summed E-state index contributed by atoms with van der Waals surface area (Å²) < 4.78 is 22.2. The molecule has 2 atom stereocenters. The maximum absolute atomic E-state index is 11.5. The Morgan fingerprint density at radius 2 is 1.71 bits per heavy atom. The fourth-order valence-electron chi connectivity index (χ4n) is 1.16. The average molecular weight is 265 g/mol. The first-order valence-corrected chi connectivity index (χ1v) is 7.22. The van der Waals surface area contributed by atoms with Crippen molar-refractivity contribution in [1.82, 2.24) is 5.32 Å². The molecule has 0 aromatic carbocycles. The summed E-state index contributed by atoms with van der Waals surface area (Å²) in [6.07, 6.45) is 0.967. The quantitative estimate of drug-likeness (QED) is 0.698. The van der Waals surface area contributed by atoms with Gasteiger partial charge in [-0.15, -0.1) is 0 Å². The van der Waals surface area contributed by atoms with Gasteiger partial charge in [0, 0.05) is 12.8 Å². The number of amides is 1. The number of hydrogen-bond donors (Lipinski definition) is 2. The van der Waals surface area contributed by atoms with Crippen LogP contribution in [0.5, 0.6) is 0 Å². The molecule has 0 saturated carbocycles. The fraction of sp³-hybridized carbons (Fsp3) is 0.800. The third kappa shape index (κ3) is 5.16. The summed E-state index contributed by atoms with van der Waals surface area (Å²) in [5.74, 6) is -2.53. The molecule has 0 bridgehead atoms. The Bertz CT molecular complexity index is 388. The zero-order chi connectivity index (χ0) is 13.8. The van der Waals surface area contributed by atoms with E-state index in [0.29, 0.717) is 0 Å². The first kappa shape index (κ1) is 15.9. The summed E-state index contributed by atoms with van der Waals surface area (Å²) in [5.41, 5.74) is 0. The Morgan fingerprint density at radius 3 is 2.00 bits per heavy atom. The lowest BCUT2D eigenvalue weighted by Gasteiger charge is -2.18. The molecule has 0 heterocycles. The maximum atomic E-state index is 11.5. The summed E-state index contributed by atoms with van der Waals surface area (Å²) in [4.78, 5) is 22.3. The number of nitrogens with one attached hydrogen (secondary N) is 1. The predicted molar refractivity (Wildman–Crippen MR) is 63.3 cm³/mol.